The van der Waals surface area contributed by atoms with Crippen LogP contribution in [0.4, 0.5) is 0 Å². The van der Waals surface area contributed by atoms with Crippen molar-refractivity contribution in [2.75, 3.05) is 37.7 Å². The second-order valence-corrected chi connectivity index (χ2v) is 6.82. The second kappa shape index (κ2) is 7.01. The number of hydrogen-bond donors (Lipinski definition) is 1. The monoisotopic (exact) mass is 326 g/mol. The van der Waals surface area contributed by atoms with Crippen LogP contribution in [0.1, 0.15) is 11.6 Å². The highest BCUT2D eigenvalue weighted by Crippen LogP contribution is 2.31. The molecule has 0 spiro atoms. The number of amides is 1. The van der Waals surface area contributed by atoms with E-state index in [9.17, 15) is 4.79 Å². The number of ether oxygens (including phenoxy) is 1. The number of benzene rings is 1. The van der Waals surface area contributed by atoms with Gasteiger partial charge in [0.1, 0.15) is 6.10 Å². The van der Waals surface area contributed by atoms with E-state index in [1.807, 2.05) is 40.9 Å². The SMILES string of the molecule is O=C(C1CNCCO1)N1CCSCC1c1ccc(Cl)cc1. The molecule has 1 aromatic carbocycles. The van der Waals surface area contributed by atoms with E-state index in [4.69, 9.17) is 16.3 Å². The molecule has 0 saturated carbocycles. The summed E-state index contributed by atoms with van der Waals surface area (Å²) in [7, 11) is 0. The minimum absolute atomic E-state index is 0.0995. The van der Waals surface area contributed by atoms with Crippen molar-refractivity contribution in [2.24, 2.45) is 0 Å². The summed E-state index contributed by atoms with van der Waals surface area (Å²) in [5, 5.41) is 3.94. The van der Waals surface area contributed by atoms with Crippen molar-refractivity contribution in [2.45, 2.75) is 12.1 Å². The van der Waals surface area contributed by atoms with E-state index in [0.29, 0.717) is 13.2 Å². The molecular formula is C15H19ClN2O2S. The fourth-order valence-electron chi connectivity index (χ4n) is 2.74. The van der Waals surface area contributed by atoms with E-state index in [1.165, 1.54) is 0 Å². The van der Waals surface area contributed by atoms with Gasteiger partial charge in [-0.2, -0.15) is 11.8 Å². The number of hydrogen-bond acceptors (Lipinski definition) is 4. The van der Waals surface area contributed by atoms with E-state index >= 15 is 0 Å². The second-order valence-electron chi connectivity index (χ2n) is 5.24. The molecule has 0 aromatic heterocycles. The zero-order valence-electron chi connectivity index (χ0n) is 11.8. The third-order valence-electron chi connectivity index (χ3n) is 3.87. The average molecular weight is 327 g/mol. The Balaban J connectivity index is 1.77. The summed E-state index contributed by atoms with van der Waals surface area (Å²) >= 11 is 7.84. The minimum atomic E-state index is -0.350. The fourth-order valence-corrected chi connectivity index (χ4v) is 3.95. The molecule has 2 fully saturated rings. The first kappa shape index (κ1) is 15.2. The smallest absolute Gasteiger partial charge is 0.253 e. The molecule has 1 aromatic rings. The van der Waals surface area contributed by atoms with Gasteiger partial charge in [0.25, 0.3) is 5.91 Å². The Hall–Kier alpha value is -0.750. The molecule has 114 valence electrons. The molecule has 2 atom stereocenters. The summed E-state index contributed by atoms with van der Waals surface area (Å²) in [5.74, 6) is 2.01. The zero-order chi connectivity index (χ0) is 14.7. The van der Waals surface area contributed by atoms with Gasteiger partial charge in [0.15, 0.2) is 0 Å². The Bertz CT molecular complexity index is 491. The number of nitrogens with one attached hydrogen (secondary N) is 1. The molecular weight excluding hydrogens is 308 g/mol. The van der Waals surface area contributed by atoms with Gasteiger partial charge in [-0.15, -0.1) is 0 Å². The highest BCUT2D eigenvalue weighted by molar-refractivity contribution is 7.99. The normalized spacial score (nSPS) is 26.6. The first-order valence-electron chi connectivity index (χ1n) is 7.22. The first-order chi connectivity index (χ1) is 10.3. The van der Waals surface area contributed by atoms with Crippen molar-refractivity contribution >= 4 is 29.3 Å². The average Bonchev–Trinajstić information content (AvgIpc) is 2.56. The van der Waals surface area contributed by atoms with Crippen LogP contribution in [0, 0.1) is 0 Å². The molecule has 1 N–H and O–H groups in total. The lowest BCUT2D eigenvalue weighted by atomic mass is 10.1. The number of halogens is 1. The van der Waals surface area contributed by atoms with Gasteiger partial charge < -0.3 is 15.0 Å². The first-order valence-corrected chi connectivity index (χ1v) is 8.75. The van der Waals surface area contributed by atoms with Gasteiger partial charge in [0, 0.05) is 36.2 Å². The molecule has 2 aliphatic rings. The van der Waals surface area contributed by atoms with Crippen molar-refractivity contribution in [3.63, 3.8) is 0 Å². The van der Waals surface area contributed by atoms with Crippen LogP contribution in [0.3, 0.4) is 0 Å². The summed E-state index contributed by atoms with van der Waals surface area (Å²) in [6.07, 6.45) is -0.350. The van der Waals surface area contributed by atoms with Gasteiger partial charge in [0.05, 0.1) is 12.6 Å². The quantitative estimate of drug-likeness (QED) is 0.902. The van der Waals surface area contributed by atoms with Crippen LogP contribution in [0.25, 0.3) is 0 Å². The van der Waals surface area contributed by atoms with Gasteiger partial charge in [-0.3, -0.25) is 4.79 Å². The zero-order valence-corrected chi connectivity index (χ0v) is 13.3. The Kier molecular flexibility index (Phi) is 5.06. The van der Waals surface area contributed by atoms with Crippen LogP contribution in [0.15, 0.2) is 24.3 Å². The highest BCUT2D eigenvalue weighted by atomic mass is 35.5. The molecule has 0 bridgehead atoms. The van der Waals surface area contributed by atoms with Crippen LogP contribution in [-0.4, -0.2) is 54.7 Å². The summed E-state index contributed by atoms with van der Waals surface area (Å²) in [6, 6.07) is 7.91. The molecule has 3 rings (SSSR count). The Morgan fingerprint density at radius 2 is 2.19 bits per heavy atom. The van der Waals surface area contributed by atoms with E-state index in [-0.39, 0.29) is 18.1 Å². The lowest BCUT2D eigenvalue weighted by molar-refractivity contribution is -0.147. The third-order valence-corrected chi connectivity index (χ3v) is 5.14. The van der Waals surface area contributed by atoms with Crippen molar-refractivity contribution in [3.05, 3.63) is 34.9 Å². The lowest BCUT2D eigenvalue weighted by Crippen LogP contribution is -2.52. The molecule has 2 unspecified atom stereocenters. The van der Waals surface area contributed by atoms with Crippen LogP contribution in [-0.2, 0) is 9.53 Å². The number of nitrogens with zero attached hydrogens (tertiary/aromatic N) is 1. The van der Waals surface area contributed by atoms with Gasteiger partial charge >= 0.3 is 0 Å². The van der Waals surface area contributed by atoms with Crippen LogP contribution in [0.5, 0.6) is 0 Å². The highest BCUT2D eigenvalue weighted by Gasteiger charge is 2.33. The number of carbonyl (C=O) groups is 1. The number of carbonyl (C=O) groups excluding carboxylic acids is 1. The van der Waals surface area contributed by atoms with Gasteiger partial charge in [-0.1, -0.05) is 23.7 Å². The van der Waals surface area contributed by atoms with Crippen LogP contribution in [0.2, 0.25) is 5.02 Å². The van der Waals surface area contributed by atoms with Crippen LogP contribution < -0.4 is 5.32 Å². The maximum absolute atomic E-state index is 12.7. The van der Waals surface area contributed by atoms with Gasteiger partial charge in [0.2, 0.25) is 0 Å². The lowest BCUT2D eigenvalue weighted by Gasteiger charge is -2.38. The molecule has 2 aliphatic heterocycles. The molecule has 6 heteroatoms. The summed E-state index contributed by atoms with van der Waals surface area (Å²) < 4.78 is 5.61. The standard InChI is InChI=1S/C15H19ClN2O2S/c16-12-3-1-11(2-4-12)13-10-21-8-6-18(13)15(19)14-9-17-5-7-20-14/h1-4,13-14,17H,5-10H2. The van der Waals surface area contributed by atoms with Crippen molar-refractivity contribution in [1.29, 1.82) is 0 Å². The number of thioether (sulfide) groups is 1. The molecule has 2 heterocycles. The maximum Gasteiger partial charge on any atom is 0.253 e. The molecule has 4 nitrogen and oxygen atoms in total. The Morgan fingerprint density at radius 3 is 2.90 bits per heavy atom. The van der Waals surface area contributed by atoms with E-state index < -0.39 is 0 Å². The van der Waals surface area contributed by atoms with E-state index in [1.54, 1.807) is 0 Å². The maximum atomic E-state index is 12.7. The largest absolute Gasteiger partial charge is 0.366 e. The molecule has 1 amide bonds. The summed E-state index contributed by atoms with van der Waals surface area (Å²) in [4.78, 5) is 14.7. The predicted octanol–water partition coefficient (Wildman–Crippen LogP) is 1.94. The number of rotatable bonds is 2. The Labute approximate surface area is 134 Å². The van der Waals surface area contributed by atoms with Crippen LogP contribution >= 0.6 is 23.4 Å². The van der Waals surface area contributed by atoms with Crippen molar-refractivity contribution < 1.29 is 9.53 Å². The minimum Gasteiger partial charge on any atom is -0.366 e. The molecule has 0 radical (unpaired) electrons. The third kappa shape index (κ3) is 3.54. The molecule has 2 saturated heterocycles. The van der Waals surface area contributed by atoms with Gasteiger partial charge in [-0.05, 0) is 17.7 Å². The summed E-state index contributed by atoms with van der Waals surface area (Å²) in [5.41, 5.74) is 1.14. The van der Waals surface area contributed by atoms with Crippen molar-refractivity contribution in [3.8, 4) is 0 Å². The number of morpholine rings is 1. The van der Waals surface area contributed by atoms with E-state index in [0.717, 1.165) is 35.2 Å². The van der Waals surface area contributed by atoms with E-state index in [2.05, 4.69) is 5.32 Å². The molecule has 21 heavy (non-hydrogen) atoms. The topological polar surface area (TPSA) is 41.6 Å². The molecule has 0 aliphatic carbocycles. The van der Waals surface area contributed by atoms with Crippen molar-refractivity contribution in [1.82, 2.24) is 10.2 Å². The predicted molar refractivity (Wildman–Crippen MR) is 85.8 cm³/mol. The fraction of sp³-hybridized carbons (Fsp3) is 0.533. The Morgan fingerprint density at radius 1 is 1.38 bits per heavy atom. The summed E-state index contributed by atoms with van der Waals surface area (Å²) in [6.45, 7) is 2.80. The van der Waals surface area contributed by atoms with Gasteiger partial charge in [-0.25, -0.2) is 0 Å².